The second-order valence-corrected chi connectivity index (χ2v) is 3.48. The van der Waals surface area contributed by atoms with Gasteiger partial charge in [-0.25, -0.2) is 0 Å². The van der Waals surface area contributed by atoms with Crippen molar-refractivity contribution in [3.63, 3.8) is 0 Å². The Morgan fingerprint density at radius 2 is 2.36 bits per heavy atom. The molecule has 0 bridgehead atoms. The van der Waals surface area contributed by atoms with Gasteiger partial charge in [-0.1, -0.05) is 6.42 Å². The van der Waals surface area contributed by atoms with E-state index in [2.05, 4.69) is 10.6 Å². The zero-order valence-electron chi connectivity index (χ0n) is 6.76. The molecule has 2 aliphatic rings. The molecule has 0 unspecified atom stereocenters. The van der Waals surface area contributed by atoms with Crippen LogP contribution in [0.25, 0.3) is 0 Å². The van der Waals surface area contributed by atoms with Gasteiger partial charge in [-0.3, -0.25) is 4.79 Å². The Kier molecular flexibility index (Phi) is 1.60. The molecule has 1 amide bonds. The molecular weight excluding hydrogens is 140 g/mol. The van der Waals surface area contributed by atoms with Crippen molar-refractivity contribution >= 4 is 5.91 Å². The van der Waals surface area contributed by atoms with E-state index in [1.54, 1.807) is 0 Å². The largest absolute Gasteiger partial charge is 0.352 e. The number of rotatable bonds is 1. The number of carbonyl (C=O) groups excluding carboxylic acids is 1. The molecule has 3 heteroatoms. The van der Waals surface area contributed by atoms with Crippen molar-refractivity contribution in [2.75, 3.05) is 7.05 Å². The van der Waals surface area contributed by atoms with Crippen LogP contribution in [0.15, 0.2) is 0 Å². The lowest BCUT2D eigenvalue weighted by Gasteiger charge is -2.12. The average molecular weight is 154 g/mol. The van der Waals surface area contributed by atoms with Crippen LogP contribution in [0.1, 0.15) is 19.3 Å². The minimum Gasteiger partial charge on any atom is -0.352 e. The highest BCUT2D eigenvalue weighted by Gasteiger charge is 2.43. The second-order valence-electron chi connectivity index (χ2n) is 3.48. The van der Waals surface area contributed by atoms with Crippen LogP contribution in [0.5, 0.6) is 0 Å². The summed E-state index contributed by atoms with van der Waals surface area (Å²) in [5, 5.41) is 6.09. The van der Waals surface area contributed by atoms with Gasteiger partial charge in [-0.15, -0.1) is 0 Å². The topological polar surface area (TPSA) is 41.1 Å². The molecule has 1 saturated carbocycles. The fourth-order valence-corrected chi connectivity index (χ4v) is 2.38. The highest BCUT2D eigenvalue weighted by Crippen LogP contribution is 2.32. The van der Waals surface area contributed by atoms with E-state index in [1.165, 1.54) is 19.3 Å². The van der Waals surface area contributed by atoms with Crippen molar-refractivity contribution in [1.29, 1.82) is 0 Å². The average Bonchev–Trinajstić information content (AvgIpc) is 2.46. The van der Waals surface area contributed by atoms with E-state index in [1.807, 2.05) is 7.05 Å². The molecule has 0 aromatic heterocycles. The van der Waals surface area contributed by atoms with E-state index in [-0.39, 0.29) is 11.9 Å². The van der Waals surface area contributed by atoms with Crippen LogP contribution >= 0.6 is 0 Å². The van der Waals surface area contributed by atoms with Gasteiger partial charge in [-0.05, 0) is 19.9 Å². The standard InChI is InChI=1S/C8H14N2O/c1-9-7-5-3-2-4-6(5)10-8(7)11/h5-7,9H,2-4H2,1H3,(H,10,11)/t5-,6+,7+/m0/s1. The summed E-state index contributed by atoms with van der Waals surface area (Å²) in [5.41, 5.74) is 0. The summed E-state index contributed by atoms with van der Waals surface area (Å²) in [4.78, 5) is 11.2. The second kappa shape index (κ2) is 2.48. The maximum Gasteiger partial charge on any atom is 0.237 e. The Morgan fingerprint density at radius 3 is 3.09 bits per heavy atom. The maximum atomic E-state index is 11.2. The first-order valence-electron chi connectivity index (χ1n) is 4.30. The molecule has 0 aromatic carbocycles. The van der Waals surface area contributed by atoms with Gasteiger partial charge in [0.2, 0.25) is 5.91 Å². The molecular formula is C8H14N2O. The maximum absolute atomic E-state index is 11.2. The van der Waals surface area contributed by atoms with Crippen molar-refractivity contribution in [3.05, 3.63) is 0 Å². The Hall–Kier alpha value is -0.570. The smallest absolute Gasteiger partial charge is 0.237 e. The third-order valence-electron chi connectivity index (χ3n) is 2.92. The van der Waals surface area contributed by atoms with E-state index < -0.39 is 0 Å². The minimum atomic E-state index is 0.0856. The molecule has 3 atom stereocenters. The molecule has 0 spiro atoms. The fraction of sp³-hybridized carbons (Fsp3) is 0.875. The quantitative estimate of drug-likeness (QED) is 0.552. The Morgan fingerprint density at radius 1 is 1.55 bits per heavy atom. The molecule has 1 saturated heterocycles. The van der Waals surface area contributed by atoms with Crippen LogP contribution in [0.3, 0.4) is 0 Å². The van der Waals surface area contributed by atoms with Crippen molar-refractivity contribution in [2.24, 2.45) is 5.92 Å². The summed E-state index contributed by atoms with van der Waals surface area (Å²) in [5.74, 6) is 0.759. The molecule has 2 rings (SSSR count). The van der Waals surface area contributed by atoms with Crippen molar-refractivity contribution in [3.8, 4) is 0 Å². The van der Waals surface area contributed by atoms with Gasteiger partial charge in [-0.2, -0.15) is 0 Å². The minimum absolute atomic E-state index is 0.0856. The normalized spacial score (nSPS) is 42.3. The van der Waals surface area contributed by atoms with E-state index in [0.29, 0.717) is 12.0 Å². The first-order chi connectivity index (χ1) is 5.33. The first-order valence-corrected chi connectivity index (χ1v) is 4.30. The van der Waals surface area contributed by atoms with Crippen LogP contribution in [0.2, 0.25) is 0 Å². The third kappa shape index (κ3) is 0.948. The molecule has 11 heavy (non-hydrogen) atoms. The van der Waals surface area contributed by atoms with E-state index in [0.717, 1.165) is 0 Å². The van der Waals surface area contributed by atoms with Crippen LogP contribution in [0.4, 0.5) is 0 Å². The summed E-state index contributed by atoms with van der Waals surface area (Å²) in [6.45, 7) is 0. The highest BCUT2D eigenvalue weighted by atomic mass is 16.2. The summed E-state index contributed by atoms with van der Waals surface area (Å²) < 4.78 is 0. The summed E-state index contributed by atoms with van der Waals surface area (Å²) in [7, 11) is 1.87. The zero-order chi connectivity index (χ0) is 7.84. The zero-order valence-corrected chi connectivity index (χ0v) is 6.76. The summed E-state index contributed by atoms with van der Waals surface area (Å²) in [6.07, 6.45) is 3.65. The van der Waals surface area contributed by atoms with Gasteiger partial charge in [0, 0.05) is 12.0 Å². The lowest BCUT2D eigenvalue weighted by atomic mass is 9.99. The SMILES string of the molecule is CN[C@H]1C(=O)N[C@@H]2CCC[C@@H]21. The van der Waals surface area contributed by atoms with Gasteiger partial charge >= 0.3 is 0 Å². The van der Waals surface area contributed by atoms with Gasteiger partial charge in [0.05, 0.1) is 6.04 Å². The lowest BCUT2D eigenvalue weighted by molar-refractivity contribution is -0.121. The first kappa shape index (κ1) is 7.10. The molecule has 2 fully saturated rings. The van der Waals surface area contributed by atoms with Crippen LogP contribution < -0.4 is 10.6 Å². The molecule has 1 aliphatic heterocycles. The van der Waals surface area contributed by atoms with E-state index in [4.69, 9.17) is 0 Å². The predicted octanol–water partition coefficient (Wildman–Crippen LogP) is -0.127. The molecule has 2 N–H and O–H groups in total. The number of fused-ring (bicyclic) bond motifs is 1. The van der Waals surface area contributed by atoms with Crippen molar-refractivity contribution < 1.29 is 4.79 Å². The van der Waals surface area contributed by atoms with Crippen LogP contribution in [-0.2, 0) is 4.79 Å². The van der Waals surface area contributed by atoms with Gasteiger partial charge in [0.15, 0.2) is 0 Å². The Balaban J connectivity index is 2.13. The summed E-state index contributed by atoms with van der Waals surface area (Å²) >= 11 is 0. The van der Waals surface area contributed by atoms with Crippen molar-refractivity contribution in [1.82, 2.24) is 10.6 Å². The number of hydrogen-bond acceptors (Lipinski definition) is 2. The van der Waals surface area contributed by atoms with Crippen molar-refractivity contribution in [2.45, 2.75) is 31.3 Å². The van der Waals surface area contributed by atoms with Gasteiger partial charge < -0.3 is 10.6 Å². The summed E-state index contributed by atoms with van der Waals surface area (Å²) in [6, 6.07) is 0.558. The third-order valence-corrected chi connectivity index (χ3v) is 2.92. The lowest BCUT2D eigenvalue weighted by Crippen LogP contribution is -2.37. The van der Waals surface area contributed by atoms with Crippen LogP contribution in [-0.4, -0.2) is 25.0 Å². The molecule has 0 radical (unpaired) electrons. The number of hydrogen-bond donors (Lipinski definition) is 2. The van der Waals surface area contributed by atoms with Gasteiger partial charge in [0.25, 0.3) is 0 Å². The number of carbonyl (C=O) groups is 1. The monoisotopic (exact) mass is 154 g/mol. The number of likely N-dealkylation sites (N-methyl/N-ethyl adjacent to an activating group) is 1. The molecule has 0 aromatic rings. The predicted molar refractivity (Wildman–Crippen MR) is 42.1 cm³/mol. The fourth-order valence-electron chi connectivity index (χ4n) is 2.38. The van der Waals surface area contributed by atoms with Gasteiger partial charge in [0.1, 0.15) is 0 Å². The van der Waals surface area contributed by atoms with E-state index in [9.17, 15) is 4.79 Å². The Bertz CT molecular complexity index is 181. The number of amides is 1. The molecule has 1 heterocycles. The highest BCUT2D eigenvalue weighted by molar-refractivity contribution is 5.85. The number of nitrogens with one attached hydrogen (secondary N) is 2. The van der Waals surface area contributed by atoms with E-state index >= 15 is 0 Å². The Labute approximate surface area is 66.5 Å². The molecule has 62 valence electrons. The van der Waals surface area contributed by atoms with Crippen LogP contribution in [0, 0.1) is 5.92 Å². The molecule has 1 aliphatic carbocycles. The molecule has 3 nitrogen and oxygen atoms in total.